The predicted molar refractivity (Wildman–Crippen MR) is 206 cm³/mol. The van der Waals surface area contributed by atoms with Gasteiger partial charge in [-0.3, -0.25) is 14.5 Å². The number of rotatable bonds is 12. The molecule has 5 heterocycles. The topological polar surface area (TPSA) is 127 Å². The number of nitrogens with one attached hydrogen (secondary N) is 2. The summed E-state index contributed by atoms with van der Waals surface area (Å²) in [6.07, 6.45) is 11.0. The zero-order chi connectivity index (χ0) is 37.1. The first-order chi connectivity index (χ1) is 25.8. The van der Waals surface area contributed by atoms with Crippen molar-refractivity contribution in [2.45, 2.75) is 78.4 Å². The number of aromatic amines is 2. The minimum absolute atomic E-state index is 0.0201. The molecular weight excluding hydrogens is 663 g/mol. The number of aromatic nitrogens is 6. The average Bonchev–Trinajstić information content (AvgIpc) is 4.03. The van der Waals surface area contributed by atoms with E-state index in [0.717, 1.165) is 97.2 Å². The van der Waals surface area contributed by atoms with E-state index >= 15 is 0 Å². The molecule has 7 rings (SSSR count). The lowest BCUT2D eigenvalue weighted by Gasteiger charge is -2.34. The number of amides is 2. The second-order valence-corrected chi connectivity index (χ2v) is 14.7. The Labute approximate surface area is 312 Å². The van der Waals surface area contributed by atoms with Crippen LogP contribution >= 0.6 is 0 Å². The van der Waals surface area contributed by atoms with Gasteiger partial charge in [-0.1, -0.05) is 89.2 Å². The third-order valence-electron chi connectivity index (χ3n) is 11.2. The normalized spacial score (nSPS) is 18.6. The summed E-state index contributed by atoms with van der Waals surface area (Å²) >= 11 is 0. The number of likely N-dealkylation sites (tertiary alicyclic amines) is 2. The van der Waals surface area contributed by atoms with Gasteiger partial charge in [-0.25, -0.2) is 19.9 Å². The van der Waals surface area contributed by atoms with Gasteiger partial charge in [-0.2, -0.15) is 0 Å². The minimum atomic E-state index is -0.319. The van der Waals surface area contributed by atoms with Gasteiger partial charge in [0.25, 0.3) is 0 Å². The fraction of sp³-hybridized carbons (Fsp3) is 0.429. The first-order valence-electron chi connectivity index (χ1n) is 19.2. The third-order valence-corrected chi connectivity index (χ3v) is 11.2. The van der Waals surface area contributed by atoms with Gasteiger partial charge in [-0.15, -0.1) is 0 Å². The number of H-pyrrole nitrogens is 2. The van der Waals surface area contributed by atoms with Crippen LogP contribution in [0.1, 0.15) is 95.6 Å². The predicted octanol–water partition coefficient (Wildman–Crippen LogP) is 7.63. The van der Waals surface area contributed by atoms with Crippen LogP contribution in [0.15, 0.2) is 79.4 Å². The lowest BCUT2D eigenvalue weighted by Crippen LogP contribution is -2.43. The fourth-order valence-electron chi connectivity index (χ4n) is 7.79. The number of likely N-dealkylation sites (N-methyl/N-ethyl adjacent to an activating group) is 1. The summed E-state index contributed by atoms with van der Waals surface area (Å²) in [6.45, 7) is 13.5. The van der Waals surface area contributed by atoms with Crippen molar-refractivity contribution in [3.63, 3.8) is 0 Å². The third kappa shape index (κ3) is 7.40. The van der Waals surface area contributed by atoms with E-state index in [1.54, 1.807) is 6.20 Å². The van der Waals surface area contributed by atoms with Crippen molar-refractivity contribution in [2.24, 2.45) is 11.8 Å². The minimum Gasteiger partial charge on any atom is -0.340 e. The van der Waals surface area contributed by atoms with E-state index in [0.29, 0.717) is 11.7 Å². The van der Waals surface area contributed by atoms with Crippen LogP contribution in [0.4, 0.5) is 0 Å². The van der Waals surface area contributed by atoms with Crippen LogP contribution in [0, 0.1) is 11.8 Å². The van der Waals surface area contributed by atoms with Gasteiger partial charge >= 0.3 is 0 Å². The van der Waals surface area contributed by atoms with Crippen molar-refractivity contribution in [3.05, 3.63) is 96.6 Å². The standard InChI is InChI=1S/C42H51N9O2/c1-6-49(7-2)37(30-13-9-8-10-14-30)42(53)51-22-12-16-36(51)40-45-25-33(47-40)29-17-19-31(20-18-29)38-43-23-32(24-44-38)34-26-46-39(48-34)35-15-11-21-50(35)41(52)28(5)27(3)4/h8-10,13-14,17-20,23-28,35-37H,6-7,11-12,15-16,21-22H2,1-5H3,(H,45,47)(H,46,48)/t28?,35-,36-,37+/m0/s1. The van der Waals surface area contributed by atoms with E-state index in [1.165, 1.54) is 0 Å². The largest absolute Gasteiger partial charge is 0.340 e. The molecule has 2 fully saturated rings. The molecule has 276 valence electrons. The Bertz CT molecular complexity index is 1980. The van der Waals surface area contributed by atoms with E-state index in [1.807, 2.05) is 77.8 Å². The number of imidazole rings is 2. The second-order valence-electron chi connectivity index (χ2n) is 14.7. The van der Waals surface area contributed by atoms with E-state index in [9.17, 15) is 9.59 Å². The summed E-state index contributed by atoms with van der Waals surface area (Å²) in [6, 6.07) is 17.8. The molecule has 5 aromatic rings. The molecule has 0 spiro atoms. The van der Waals surface area contributed by atoms with Crippen molar-refractivity contribution in [1.82, 2.24) is 44.6 Å². The quantitative estimate of drug-likeness (QED) is 0.136. The Hall–Kier alpha value is -5.16. The van der Waals surface area contributed by atoms with Gasteiger partial charge in [-0.05, 0) is 55.8 Å². The number of carbonyl (C=O) groups is 2. The summed E-state index contributed by atoms with van der Waals surface area (Å²) < 4.78 is 0. The maximum absolute atomic E-state index is 14.2. The molecule has 2 N–H and O–H groups in total. The molecule has 1 unspecified atom stereocenters. The van der Waals surface area contributed by atoms with Gasteiger partial charge < -0.3 is 19.8 Å². The Morgan fingerprint density at radius 1 is 0.698 bits per heavy atom. The molecular formula is C42H51N9O2. The zero-order valence-electron chi connectivity index (χ0n) is 31.5. The molecule has 2 aliphatic heterocycles. The van der Waals surface area contributed by atoms with E-state index < -0.39 is 0 Å². The van der Waals surface area contributed by atoms with Crippen LogP contribution in [0.5, 0.6) is 0 Å². The molecule has 53 heavy (non-hydrogen) atoms. The smallest absolute Gasteiger partial charge is 0.245 e. The van der Waals surface area contributed by atoms with Gasteiger partial charge in [0.15, 0.2) is 5.82 Å². The zero-order valence-corrected chi connectivity index (χ0v) is 31.5. The molecule has 2 aliphatic rings. The van der Waals surface area contributed by atoms with Crippen LogP contribution < -0.4 is 0 Å². The highest BCUT2D eigenvalue weighted by atomic mass is 16.2. The van der Waals surface area contributed by atoms with Gasteiger partial charge in [0, 0.05) is 42.5 Å². The van der Waals surface area contributed by atoms with Crippen LogP contribution in [0.25, 0.3) is 33.9 Å². The summed E-state index contributed by atoms with van der Waals surface area (Å²) in [5, 5.41) is 0. The molecule has 2 amide bonds. The number of hydrogen-bond donors (Lipinski definition) is 2. The Morgan fingerprint density at radius 3 is 1.77 bits per heavy atom. The maximum Gasteiger partial charge on any atom is 0.245 e. The Kier molecular flexibility index (Phi) is 10.8. The van der Waals surface area contributed by atoms with Gasteiger partial charge in [0.2, 0.25) is 11.8 Å². The molecule has 0 bridgehead atoms. The average molecular weight is 714 g/mol. The van der Waals surface area contributed by atoms with Crippen LogP contribution in [-0.2, 0) is 9.59 Å². The first-order valence-corrected chi connectivity index (χ1v) is 19.2. The van der Waals surface area contributed by atoms with E-state index in [-0.39, 0.29) is 35.9 Å². The van der Waals surface area contributed by atoms with Crippen molar-refractivity contribution in [1.29, 1.82) is 0 Å². The van der Waals surface area contributed by atoms with Crippen molar-refractivity contribution in [3.8, 4) is 33.9 Å². The molecule has 3 aromatic heterocycles. The summed E-state index contributed by atoms with van der Waals surface area (Å²) in [4.78, 5) is 59.4. The summed E-state index contributed by atoms with van der Waals surface area (Å²) in [5.41, 5.74) is 5.50. The Balaban J connectivity index is 1.02. The van der Waals surface area contributed by atoms with Crippen LogP contribution in [-0.4, -0.2) is 82.6 Å². The summed E-state index contributed by atoms with van der Waals surface area (Å²) in [5.74, 6) is 2.86. The Morgan fingerprint density at radius 2 is 1.23 bits per heavy atom. The number of hydrogen-bond acceptors (Lipinski definition) is 7. The first kappa shape index (κ1) is 36.2. The van der Waals surface area contributed by atoms with Gasteiger partial charge in [0.05, 0.1) is 35.9 Å². The molecule has 4 atom stereocenters. The highest BCUT2D eigenvalue weighted by Gasteiger charge is 2.38. The van der Waals surface area contributed by atoms with Gasteiger partial charge in [0.1, 0.15) is 17.7 Å². The molecule has 0 aliphatic carbocycles. The maximum atomic E-state index is 14.2. The monoisotopic (exact) mass is 713 g/mol. The highest BCUT2D eigenvalue weighted by Crippen LogP contribution is 2.36. The number of carbonyl (C=O) groups excluding carboxylic acids is 2. The molecule has 11 nitrogen and oxygen atoms in total. The highest BCUT2D eigenvalue weighted by molar-refractivity contribution is 5.84. The van der Waals surface area contributed by atoms with Crippen molar-refractivity contribution >= 4 is 11.8 Å². The lowest BCUT2D eigenvalue weighted by molar-refractivity contribution is -0.138. The summed E-state index contributed by atoms with van der Waals surface area (Å²) in [7, 11) is 0. The van der Waals surface area contributed by atoms with E-state index in [2.05, 4.69) is 69.6 Å². The van der Waals surface area contributed by atoms with E-state index in [4.69, 9.17) is 4.98 Å². The number of nitrogens with zero attached hydrogens (tertiary/aromatic N) is 7. The molecule has 2 saturated heterocycles. The lowest BCUT2D eigenvalue weighted by atomic mass is 9.96. The molecule has 2 aromatic carbocycles. The number of benzene rings is 2. The van der Waals surface area contributed by atoms with Crippen molar-refractivity contribution in [2.75, 3.05) is 26.2 Å². The van der Waals surface area contributed by atoms with Crippen molar-refractivity contribution < 1.29 is 9.59 Å². The molecule has 11 heteroatoms. The van der Waals surface area contributed by atoms with Crippen LogP contribution in [0.2, 0.25) is 0 Å². The SMILES string of the molecule is CCN(CC)[C@@H](C(=O)N1CCC[C@H]1c1ncc(-c2ccc(-c3ncc(-c4cnc([C@@H]5CCCN5C(=O)C(C)C(C)C)[nH]4)cn3)cc2)[nH]1)c1ccccc1. The molecule has 0 saturated carbocycles. The van der Waals surface area contributed by atoms with Crippen LogP contribution in [0.3, 0.4) is 0 Å². The molecule has 0 radical (unpaired) electrons. The second kappa shape index (κ2) is 15.8. The fourth-order valence-corrected chi connectivity index (χ4v) is 7.79.